The Hall–Kier alpha value is -1.98. The van der Waals surface area contributed by atoms with E-state index in [9.17, 15) is 9.59 Å². The molecule has 108 valence electrons. The molecule has 1 atom stereocenters. The molecule has 1 aromatic heterocycles. The van der Waals surface area contributed by atoms with Gasteiger partial charge in [-0.1, -0.05) is 0 Å². The molecule has 1 aromatic rings. The fraction of sp³-hybridized carbons (Fsp3) is 0.571. The van der Waals surface area contributed by atoms with Crippen LogP contribution in [0.3, 0.4) is 0 Å². The van der Waals surface area contributed by atoms with Gasteiger partial charge in [-0.15, -0.1) is 0 Å². The van der Waals surface area contributed by atoms with Gasteiger partial charge in [0.1, 0.15) is 0 Å². The molecular formula is C14H19N3O3. The van der Waals surface area contributed by atoms with Crippen LogP contribution in [-0.2, 0) is 4.79 Å². The van der Waals surface area contributed by atoms with Crippen LogP contribution in [0.1, 0.15) is 47.4 Å². The van der Waals surface area contributed by atoms with Gasteiger partial charge in [0.15, 0.2) is 0 Å². The van der Waals surface area contributed by atoms with E-state index in [1.54, 1.807) is 24.8 Å². The molecule has 1 fully saturated rings. The number of aliphatic carboxylic acids is 1. The first-order valence-corrected chi connectivity index (χ1v) is 6.82. The Kier molecular flexibility index (Phi) is 4.32. The highest BCUT2D eigenvalue weighted by molar-refractivity contribution is 5.95. The van der Waals surface area contributed by atoms with Crippen LogP contribution in [0.4, 0.5) is 0 Å². The number of hydrogen-bond donors (Lipinski definition) is 1. The second kappa shape index (κ2) is 5.98. The van der Waals surface area contributed by atoms with E-state index in [1.165, 1.54) is 0 Å². The molecule has 2 heterocycles. The minimum Gasteiger partial charge on any atom is -0.481 e. The van der Waals surface area contributed by atoms with E-state index in [2.05, 4.69) is 10.2 Å². The normalized spacial score (nSPS) is 18.9. The first-order chi connectivity index (χ1) is 9.49. The summed E-state index contributed by atoms with van der Waals surface area (Å²) in [5.74, 6) is -0.998. The standard InChI is InChI=1S/C14H19N3O3/c1-9-7-12(10(2)16-15-9)14(20)17-6-4-3-5-11(17)8-13(18)19/h7,11H,3-6,8H2,1-2H3,(H,18,19). The van der Waals surface area contributed by atoms with E-state index in [-0.39, 0.29) is 18.4 Å². The summed E-state index contributed by atoms with van der Waals surface area (Å²) in [5.41, 5.74) is 1.79. The van der Waals surface area contributed by atoms with E-state index >= 15 is 0 Å². The van der Waals surface area contributed by atoms with Gasteiger partial charge < -0.3 is 10.0 Å². The number of hydrogen-bond acceptors (Lipinski definition) is 4. The van der Waals surface area contributed by atoms with Crippen molar-refractivity contribution < 1.29 is 14.7 Å². The van der Waals surface area contributed by atoms with E-state index in [1.807, 2.05) is 0 Å². The lowest BCUT2D eigenvalue weighted by molar-refractivity contribution is -0.138. The van der Waals surface area contributed by atoms with E-state index < -0.39 is 5.97 Å². The topological polar surface area (TPSA) is 83.4 Å². The molecule has 20 heavy (non-hydrogen) atoms. The van der Waals surface area contributed by atoms with Crippen LogP contribution in [-0.4, -0.2) is 44.7 Å². The summed E-state index contributed by atoms with van der Waals surface area (Å²) < 4.78 is 0. The Morgan fingerprint density at radius 2 is 2.10 bits per heavy atom. The second-order valence-electron chi connectivity index (χ2n) is 5.23. The van der Waals surface area contributed by atoms with Crippen molar-refractivity contribution in [2.24, 2.45) is 0 Å². The third-order valence-electron chi connectivity index (χ3n) is 3.63. The SMILES string of the molecule is Cc1cc(C(=O)N2CCCCC2CC(=O)O)c(C)nn1. The molecule has 1 amide bonds. The molecular weight excluding hydrogens is 258 g/mol. The largest absolute Gasteiger partial charge is 0.481 e. The number of carboxylic acids is 1. The molecule has 0 bridgehead atoms. The minimum absolute atomic E-state index is 0.00226. The predicted molar refractivity (Wildman–Crippen MR) is 72.4 cm³/mol. The molecule has 2 rings (SSSR count). The molecule has 1 N–H and O–H groups in total. The van der Waals surface area contributed by atoms with Gasteiger partial charge >= 0.3 is 5.97 Å². The van der Waals surface area contributed by atoms with Gasteiger partial charge in [-0.25, -0.2) is 0 Å². The summed E-state index contributed by atoms with van der Waals surface area (Å²) in [7, 11) is 0. The number of piperidine rings is 1. The van der Waals surface area contributed by atoms with Gasteiger partial charge in [0.05, 0.1) is 23.4 Å². The Bertz CT molecular complexity index is 530. The van der Waals surface area contributed by atoms with Crippen LogP contribution < -0.4 is 0 Å². The predicted octanol–water partition coefficient (Wildman–Crippen LogP) is 1.56. The minimum atomic E-state index is -0.865. The number of amides is 1. The first kappa shape index (κ1) is 14.4. The van der Waals surface area contributed by atoms with E-state index in [0.717, 1.165) is 19.3 Å². The van der Waals surface area contributed by atoms with Gasteiger partial charge in [-0.05, 0) is 39.2 Å². The number of likely N-dealkylation sites (tertiary alicyclic amines) is 1. The first-order valence-electron chi connectivity index (χ1n) is 6.82. The maximum Gasteiger partial charge on any atom is 0.305 e. The van der Waals surface area contributed by atoms with E-state index in [4.69, 9.17) is 5.11 Å². The lowest BCUT2D eigenvalue weighted by Crippen LogP contribution is -2.45. The molecule has 6 heteroatoms. The van der Waals surface area contributed by atoms with Crippen molar-refractivity contribution in [1.82, 2.24) is 15.1 Å². The van der Waals surface area contributed by atoms with Crippen LogP contribution in [0, 0.1) is 13.8 Å². The Morgan fingerprint density at radius 1 is 1.35 bits per heavy atom. The number of carbonyl (C=O) groups is 2. The van der Waals surface area contributed by atoms with Crippen LogP contribution >= 0.6 is 0 Å². The van der Waals surface area contributed by atoms with Crippen molar-refractivity contribution in [3.63, 3.8) is 0 Å². The smallest absolute Gasteiger partial charge is 0.305 e. The van der Waals surface area contributed by atoms with Crippen molar-refractivity contribution in [2.75, 3.05) is 6.54 Å². The summed E-state index contributed by atoms with van der Waals surface area (Å²) >= 11 is 0. The molecule has 0 radical (unpaired) electrons. The lowest BCUT2D eigenvalue weighted by atomic mass is 9.98. The fourth-order valence-electron chi connectivity index (χ4n) is 2.60. The Balaban J connectivity index is 2.25. The Morgan fingerprint density at radius 3 is 2.80 bits per heavy atom. The van der Waals surface area contributed by atoms with Crippen molar-refractivity contribution in [3.8, 4) is 0 Å². The highest BCUT2D eigenvalue weighted by Gasteiger charge is 2.30. The third-order valence-corrected chi connectivity index (χ3v) is 3.63. The molecule has 0 saturated carbocycles. The Labute approximate surface area is 117 Å². The maximum atomic E-state index is 12.6. The zero-order chi connectivity index (χ0) is 14.7. The van der Waals surface area contributed by atoms with Crippen LogP contribution in [0.2, 0.25) is 0 Å². The zero-order valence-corrected chi connectivity index (χ0v) is 11.8. The van der Waals surface area contributed by atoms with Crippen molar-refractivity contribution in [2.45, 2.75) is 45.6 Å². The van der Waals surface area contributed by atoms with Gasteiger partial charge in [0, 0.05) is 12.6 Å². The number of rotatable bonds is 3. The molecule has 1 unspecified atom stereocenters. The fourth-order valence-corrected chi connectivity index (χ4v) is 2.60. The number of aryl methyl sites for hydroxylation is 2. The monoisotopic (exact) mass is 277 g/mol. The molecule has 0 aromatic carbocycles. The molecule has 1 aliphatic rings. The van der Waals surface area contributed by atoms with Crippen LogP contribution in [0.25, 0.3) is 0 Å². The molecule has 1 aliphatic heterocycles. The molecule has 0 spiro atoms. The van der Waals surface area contributed by atoms with Gasteiger partial charge in [-0.3, -0.25) is 9.59 Å². The summed E-state index contributed by atoms with van der Waals surface area (Å²) in [6, 6.07) is 1.50. The molecule has 6 nitrogen and oxygen atoms in total. The maximum absolute atomic E-state index is 12.6. The van der Waals surface area contributed by atoms with Crippen molar-refractivity contribution >= 4 is 11.9 Å². The van der Waals surface area contributed by atoms with Crippen LogP contribution in [0.15, 0.2) is 6.07 Å². The third kappa shape index (κ3) is 3.12. The average molecular weight is 277 g/mol. The number of aromatic nitrogens is 2. The van der Waals surface area contributed by atoms with Gasteiger partial charge in [-0.2, -0.15) is 10.2 Å². The van der Waals surface area contributed by atoms with E-state index in [0.29, 0.717) is 23.5 Å². The summed E-state index contributed by atoms with van der Waals surface area (Å²) in [6.07, 6.45) is 2.63. The zero-order valence-electron chi connectivity index (χ0n) is 11.8. The highest BCUT2D eigenvalue weighted by atomic mass is 16.4. The lowest BCUT2D eigenvalue weighted by Gasteiger charge is -2.35. The highest BCUT2D eigenvalue weighted by Crippen LogP contribution is 2.22. The van der Waals surface area contributed by atoms with Crippen molar-refractivity contribution in [1.29, 1.82) is 0 Å². The van der Waals surface area contributed by atoms with Gasteiger partial charge in [0.2, 0.25) is 0 Å². The molecule has 1 saturated heterocycles. The number of nitrogens with zero attached hydrogens (tertiary/aromatic N) is 3. The number of carbonyl (C=O) groups excluding carboxylic acids is 1. The summed E-state index contributed by atoms with van der Waals surface area (Å²) in [5, 5.41) is 16.9. The van der Waals surface area contributed by atoms with Crippen molar-refractivity contribution in [3.05, 3.63) is 23.0 Å². The quantitative estimate of drug-likeness (QED) is 0.906. The second-order valence-corrected chi connectivity index (χ2v) is 5.23. The van der Waals surface area contributed by atoms with Gasteiger partial charge in [0.25, 0.3) is 5.91 Å². The number of carboxylic acid groups (broad SMARTS) is 1. The average Bonchev–Trinajstić information content (AvgIpc) is 2.41. The molecule has 0 aliphatic carbocycles. The van der Waals surface area contributed by atoms with Crippen LogP contribution in [0.5, 0.6) is 0 Å². The summed E-state index contributed by atoms with van der Waals surface area (Å²) in [6.45, 7) is 4.14. The summed E-state index contributed by atoms with van der Waals surface area (Å²) in [4.78, 5) is 25.2.